The third kappa shape index (κ3) is 8.08. The summed E-state index contributed by atoms with van der Waals surface area (Å²) in [5.41, 5.74) is 0.366. The van der Waals surface area contributed by atoms with Crippen LogP contribution < -0.4 is 16.0 Å². The molecule has 6 nitrogen and oxygen atoms in total. The molecule has 0 aliphatic heterocycles. The average molecular weight is 486 g/mol. The monoisotopic (exact) mass is 485 g/mol. The van der Waals surface area contributed by atoms with E-state index in [-0.39, 0.29) is 34.0 Å². The molecule has 0 radical (unpaired) electrons. The van der Waals surface area contributed by atoms with E-state index in [2.05, 4.69) is 36.7 Å². The van der Waals surface area contributed by atoms with Crippen molar-refractivity contribution in [3.05, 3.63) is 18.2 Å². The van der Waals surface area contributed by atoms with E-state index in [1.807, 2.05) is 41.5 Å². The smallest absolute Gasteiger partial charge is 0.231 e. The molecule has 0 atom stereocenters. The molecule has 1 fully saturated rings. The summed E-state index contributed by atoms with van der Waals surface area (Å²) in [4.78, 5) is 39.5. The Bertz CT molecular complexity index is 876. The lowest BCUT2D eigenvalue weighted by atomic mass is 9.59. The van der Waals surface area contributed by atoms with Gasteiger partial charge in [0.1, 0.15) is 0 Å². The molecule has 0 bridgehead atoms. The number of para-hydroxylation sites is 1. The highest BCUT2D eigenvalue weighted by molar-refractivity contribution is 6.07. The third-order valence-electron chi connectivity index (χ3n) is 6.81. The quantitative estimate of drug-likeness (QED) is 0.393. The first-order chi connectivity index (χ1) is 15.9. The third-order valence-corrected chi connectivity index (χ3v) is 6.81. The van der Waals surface area contributed by atoms with E-state index in [1.54, 1.807) is 18.2 Å². The van der Waals surface area contributed by atoms with Crippen LogP contribution in [0.1, 0.15) is 107 Å². The molecule has 1 aliphatic rings. The Kier molecular flexibility index (Phi) is 8.84. The predicted octanol–water partition coefficient (Wildman–Crippen LogP) is 7.37. The van der Waals surface area contributed by atoms with Crippen LogP contribution in [-0.2, 0) is 14.4 Å². The Morgan fingerprint density at radius 2 is 1.14 bits per heavy atom. The summed E-state index contributed by atoms with van der Waals surface area (Å²) in [6.45, 7) is 18.4. The highest BCUT2D eigenvalue weighted by atomic mass is 16.2. The van der Waals surface area contributed by atoms with Gasteiger partial charge in [-0.05, 0) is 41.2 Å². The van der Waals surface area contributed by atoms with Gasteiger partial charge in [-0.25, -0.2) is 0 Å². The fourth-order valence-corrected chi connectivity index (χ4v) is 4.95. The zero-order chi connectivity index (χ0) is 26.7. The molecular weight excluding hydrogens is 438 g/mol. The highest BCUT2D eigenvalue weighted by Crippen LogP contribution is 2.50. The lowest BCUT2D eigenvalue weighted by Crippen LogP contribution is -2.47. The second-order valence-electron chi connectivity index (χ2n) is 13.6. The molecule has 196 valence electrons. The van der Waals surface area contributed by atoms with Crippen molar-refractivity contribution in [3.8, 4) is 0 Å². The maximum Gasteiger partial charge on any atom is 0.231 e. The van der Waals surface area contributed by atoms with Crippen molar-refractivity contribution >= 4 is 34.8 Å². The van der Waals surface area contributed by atoms with Crippen LogP contribution in [0, 0.1) is 21.7 Å². The molecule has 1 aromatic rings. The molecule has 0 spiro atoms. The Labute approximate surface area is 212 Å². The van der Waals surface area contributed by atoms with E-state index in [4.69, 9.17) is 0 Å². The topological polar surface area (TPSA) is 87.3 Å². The molecule has 35 heavy (non-hydrogen) atoms. The van der Waals surface area contributed by atoms with E-state index in [1.165, 1.54) is 0 Å². The van der Waals surface area contributed by atoms with Crippen LogP contribution in [0.2, 0.25) is 0 Å². The van der Waals surface area contributed by atoms with Gasteiger partial charge in [0, 0.05) is 12.8 Å². The van der Waals surface area contributed by atoms with E-state index in [9.17, 15) is 14.4 Å². The van der Waals surface area contributed by atoms with Crippen molar-refractivity contribution in [1.29, 1.82) is 0 Å². The Hall–Kier alpha value is -2.37. The van der Waals surface area contributed by atoms with E-state index in [0.717, 1.165) is 32.1 Å². The maximum absolute atomic E-state index is 13.9. The van der Waals surface area contributed by atoms with Gasteiger partial charge in [-0.3, -0.25) is 14.4 Å². The van der Waals surface area contributed by atoms with Crippen molar-refractivity contribution in [3.63, 3.8) is 0 Å². The van der Waals surface area contributed by atoms with Crippen molar-refractivity contribution in [2.75, 3.05) is 16.0 Å². The fourth-order valence-electron chi connectivity index (χ4n) is 4.95. The predicted molar refractivity (Wildman–Crippen MR) is 145 cm³/mol. The Morgan fingerprint density at radius 1 is 0.714 bits per heavy atom. The second kappa shape index (κ2) is 10.7. The molecule has 1 aromatic carbocycles. The summed E-state index contributed by atoms with van der Waals surface area (Å²) >= 11 is 0. The molecule has 1 saturated carbocycles. The van der Waals surface area contributed by atoms with Gasteiger partial charge in [0.25, 0.3) is 0 Å². The van der Waals surface area contributed by atoms with Gasteiger partial charge in [-0.2, -0.15) is 0 Å². The number of amides is 3. The van der Waals surface area contributed by atoms with Crippen LogP contribution in [0.4, 0.5) is 17.1 Å². The number of hydrogen-bond acceptors (Lipinski definition) is 3. The molecule has 0 saturated heterocycles. The van der Waals surface area contributed by atoms with Crippen LogP contribution in [0.5, 0.6) is 0 Å². The number of carbonyl (C=O) groups excluding carboxylic acids is 3. The molecule has 0 unspecified atom stereocenters. The SMILES string of the molecule is CC(C)(C)CC(=O)Nc1cccc(NC(=O)CC(C)(C)C)c1NC(=O)C1(C(C)(C)C)CCCCC1. The van der Waals surface area contributed by atoms with Gasteiger partial charge in [0.05, 0.1) is 22.5 Å². The van der Waals surface area contributed by atoms with Crippen LogP contribution in [0.15, 0.2) is 18.2 Å². The molecular formula is C29H47N3O3. The standard InChI is InChI=1S/C29H47N3O3/c1-26(2,3)18-22(33)30-20-14-13-15-21(31-23(34)19-27(4,5)6)24(20)32-25(35)29(28(7,8)9)16-11-10-12-17-29/h13-15H,10-12,16-19H2,1-9H3,(H,30,33)(H,31,34)(H,32,35). The molecule has 3 amide bonds. The zero-order valence-corrected chi connectivity index (χ0v) is 23.4. The summed E-state index contributed by atoms with van der Waals surface area (Å²) in [6.07, 6.45) is 5.51. The van der Waals surface area contributed by atoms with Crippen molar-refractivity contribution in [2.45, 2.75) is 107 Å². The average Bonchev–Trinajstić information content (AvgIpc) is 2.67. The molecule has 1 aliphatic carbocycles. The lowest BCUT2D eigenvalue weighted by Gasteiger charge is -2.46. The Morgan fingerprint density at radius 3 is 1.51 bits per heavy atom. The second-order valence-corrected chi connectivity index (χ2v) is 13.6. The summed E-state index contributed by atoms with van der Waals surface area (Å²) in [5, 5.41) is 9.13. The maximum atomic E-state index is 13.9. The van der Waals surface area contributed by atoms with Gasteiger partial charge in [0.15, 0.2) is 0 Å². The lowest BCUT2D eigenvalue weighted by molar-refractivity contribution is -0.135. The first-order valence-electron chi connectivity index (χ1n) is 13.0. The number of nitrogens with one attached hydrogen (secondary N) is 3. The summed E-state index contributed by atoms with van der Waals surface area (Å²) in [7, 11) is 0. The van der Waals surface area contributed by atoms with Gasteiger partial charge >= 0.3 is 0 Å². The van der Waals surface area contributed by atoms with Crippen LogP contribution in [0.3, 0.4) is 0 Å². The minimum atomic E-state index is -0.513. The summed E-state index contributed by atoms with van der Waals surface area (Å²) < 4.78 is 0. The minimum Gasteiger partial charge on any atom is -0.324 e. The summed E-state index contributed by atoms with van der Waals surface area (Å²) in [6, 6.07) is 5.34. The van der Waals surface area contributed by atoms with Crippen LogP contribution in [-0.4, -0.2) is 17.7 Å². The first kappa shape index (κ1) is 28.9. The van der Waals surface area contributed by atoms with E-state index >= 15 is 0 Å². The number of hydrogen-bond donors (Lipinski definition) is 3. The number of benzene rings is 1. The van der Waals surface area contributed by atoms with Crippen LogP contribution >= 0.6 is 0 Å². The van der Waals surface area contributed by atoms with Crippen molar-refractivity contribution in [2.24, 2.45) is 21.7 Å². The van der Waals surface area contributed by atoms with E-state index < -0.39 is 5.41 Å². The summed E-state index contributed by atoms with van der Waals surface area (Å²) in [5.74, 6) is -0.308. The Balaban J connectivity index is 2.46. The van der Waals surface area contributed by atoms with Gasteiger partial charge in [-0.1, -0.05) is 87.6 Å². The highest BCUT2D eigenvalue weighted by Gasteiger charge is 2.48. The first-order valence-corrected chi connectivity index (χ1v) is 13.0. The number of carbonyl (C=O) groups is 3. The molecule has 0 heterocycles. The largest absolute Gasteiger partial charge is 0.324 e. The van der Waals surface area contributed by atoms with Gasteiger partial charge in [0.2, 0.25) is 17.7 Å². The molecule has 6 heteroatoms. The van der Waals surface area contributed by atoms with Gasteiger partial charge in [-0.15, -0.1) is 0 Å². The molecule has 2 rings (SSSR count). The van der Waals surface area contributed by atoms with Crippen molar-refractivity contribution < 1.29 is 14.4 Å². The number of rotatable bonds is 6. The van der Waals surface area contributed by atoms with Crippen molar-refractivity contribution in [1.82, 2.24) is 0 Å². The number of anilines is 3. The molecule has 3 N–H and O–H groups in total. The minimum absolute atomic E-state index is 0.0476. The normalized spacial score (nSPS) is 16.4. The fraction of sp³-hybridized carbons (Fsp3) is 0.690. The zero-order valence-electron chi connectivity index (χ0n) is 23.4. The van der Waals surface area contributed by atoms with E-state index in [0.29, 0.717) is 29.9 Å². The van der Waals surface area contributed by atoms with Crippen LogP contribution in [0.25, 0.3) is 0 Å². The van der Waals surface area contributed by atoms with Gasteiger partial charge < -0.3 is 16.0 Å². The molecule has 0 aromatic heterocycles.